The summed E-state index contributed by atoms with van der Waals surface area (Å²) in [6, 6.07) is 19.5. The summed E-state index contributed by atoms with van der Waals surface area (Å²) in [7, 11) is 0. The highest BCUT2D eigenvalue weighted by Gasteiger charge is 2.07. The number of amides is 2. The number of fused-ring (bicyclic) bond motifs is 1. The van der Waals surface area contributed by atoms with Gasteiger partial charge in [0.1, 0.15) is 5.75 Å². The van der Waals surface area contributed by atoms with E-state index < -0.39 is 11.8 Å². The van der Waals surface area contributed by atoms with Crippen LogP contribution in [0.5, 0.6) is 5.75 Å². The quantitative estimate of drug-likeness (QED) is 0.326. The molecular weight excluding hydrogens is 410 g/mol. The Morgan fingerprint density at radius 1 is 1.00 bits per heavy atom. The van der Waals surface area contributed by atoms with Gasteiger partial charge in [0.05, 0.1) is 0 Å². The zero-order valence-corrected chi connectivity index (χ0v) is 18.1. The molecule has 2 amide bonds. The average molecular weight is 434 g/mol. The fourth-order valence-electron chi connectivity index (χ4n) is 3.01. The first kappa shape index (κ1) is 22.0. The molecule has 0 unspecified atom stereocenters. The summed E-state index contributed by atoms with van der Waals surface area (Å²) in [5, 5.41) is 4.60. The topological polar surface area (TPSA) is 79.5 Å². The number of hydrogen-bond donors (Lipinski definition) is 3. The minimum atomic E-state index is -0.428. The second-order valence-electron chi connectivity index (χ2n) is 6.95. The smallest absolute Gasteiger partial charge is 0.276 e. The molecule has 0 saturated carbocycles. The maximum atomic E-state index is 12.1. The average Bonchev–Trinajstić information content (AvgIpc) is 2.75. The summed E-state index contributed by atoms with van der Waals surface area (Å²) in [6.45, 7) is 3.71. The molecule has 7 heteroatoms. The Hall–Kier alpha value is -3.71. The van der Waals surface area contributed by atoms with E-state index in [1.807, 2.05) is 74.5 Å². The van der Waals surface area contributed by atoms with Gasteiger partial charge in [-0.1, -0.05) is 60.2 Å². The van der Waals surface area contributed by atoms with Crippen LogP contribution >= 0.6 is 12.2 Å². The first-order chi connectivity index (χ1) is 14.9. The summed E-state index contributed by atoms with van der Waals surface area (Å²) >= 11 is 5.04. The second kappa shape index (κ2) is 10.4. The van der Waals surface area contributed by atoms with E-state index in [0.29, 0.717) is 5.75 Å². The first-order valence-electron chi connectivity index (χ1n) is 9.68. The molecule has 3 aromatic carbocycles. The molecule has 3 N–H and O–H groups in total. The molecule has 3 aromatic rings. The fourth-order valence-corrected chi connectivity index (χ4v) is 3.16. The van der Waals surface area contributed by atoms with Gasteiger partial charge in [0.25, 0.3) is 5.91 Å². The molecule has 0 spiro atoms. The number of hydrogen-bond acceptors (Lipinski definition) is 4. The Bertz CT molecular complexity index is 1150. The van der Waals surface area contributed by atoms with Gasteiger partial charge in [0.2, 0.25) is 5.91 Å². The molecule has 0 aromatic heterocycles. The highest BCUT2D eigenvalue weighted by Crippen LogP contribution is 2.20. The molecule has 0 saturated heterocycles. The van der Waals surface area contributed by atoms with Crippen molar-refractivity contribution in [1.82, 2.24) is 16.2 Å². The Morgan fingerprint density at radius 3 is 2.58 bits per heavy atom. The van der Waals surface area contributed by atoms with E-state index in [9.17, 15) is 9.59 Å². The molecule has 3 rings (SSSR count). The van der Waals surface area contributed by atoms with Crippen LogP contribution in [0, 0.1) is 13.8 Å². The van der Waals surface area contributed by atoms with E-state index >= 15 is 0 Å². The van der Waals surface area contributed by atoms with Crippen LogP contribution in [0.1, 0.15) is 16.7 Å². The Morgan fingerprint density at radius 2 is 1.77 bits per heavy atom. The molecule has 158 valence electrons. The third kappa shape index (κ3) is 6.38. The van der Waals surface area contributed by atoms with Crippen molar-refractivity contribution in [2.75, 3.05) is 6.61 Å². The third-order valence-corrected chi connectivity index (χ3v) is 4.68. The van der Waals surface area contributed by atoms with Crippen molar-refractivity contribution in [3.63, 3.8) is 0 Å². The molecule has 0 atom stereocenters. The zero-order valence-electron chi connectivity index (χ0n) is 17.3. The van der Waals surface area contributed by atoms with Gasteiger partial charge in [0, 0.05) is 6.08 Å². The number of carbonyl (C=O) groups is 2. The minimum absolute atomic E-state index is 0.0209. The summed E-state index contributed by atoms with van der Waals surface area (Å²) in [4.78, 5) is 24.1. The summed E-state index contributed by atoms with van der Waals surface area (Å²) in [6.07, 6.45) is 3.11. The highest BCUT2D eigenvalue weighted by atomic mass is 32.1. The Labute approximate surface area is 186 Å². The van der Waals surface area contributed by atoms with E-state index in [0.717, 1.165) is 27.5 Å². The van der Waals surface area contributed by atoms with Crippen LogP contribution in [0.2, 0.25) is 0 Å². The van der Waals surface area contributed by atoms with E-state index in [-0.39, 0.29) is 11.7 Å². The lowest BCUT2D eigenvalue weighted by Crippen LogP contribution is -2.49. The molecule has 0 aliphatic rings. The highest BCUT2D eigenvalue weighted by molar-refractivity contribution is 7.80. The molecule has 0 aliphatic heterocycles. The third-order valence-electron chi connectivity index (χ3n) is 4.48. The van der Waals surface area contributed by atoms with E-state index in [1.165, 1.54) is 6.08 Å². The number of nitrogens with one attached hydrogen (secondary N) is 3. The number of carbonyl (C=O) groups excluding carboxylic acids is 2. The Balaban J connectivity index is 1.45. The van der Waals surface area contributed by atoms with Crippen molar-refractivity contribution in [2.24, 2.45) is 0 Å². The first-order valence-corrected chi connectivity index (χ1v) is 10.1. The lowest BCUT2D eigenvalue weighted by Gasteiger charge is -2.12. The molecule has 0 bridgehead atoms. The van der Waals surface area contributed by atoms with Crippen LogP contribution in [0.15, 0.2) is 66.7 Å². The lowest BCUT2D eigenvalue weighted by atomic mass is 10.0. The SMILES string of the molecule is Cc1ccc(OCC(=O)NNC(=S)NC(=O)/C=C/c2cccc3ccccc23)c(C)c1. The van der Waals surface area contributed by atoms with Crippen LogP contribution in [0.25, 0.3) is 16.8 Å². The number of thiocarbonyl (C=S) groups is 1. The second-order valence-corrected chi connectivity index (χ2v) is 7.36. The van der Waals surface area contributed by atoms with Gasteiger partial charge in [-0.2, -0.15) is 0 Å². The standard InChI is InChI=1S/C24H23N3O3S/c1-16-10-12-21(17(2)14-16)30-15-23(29)26-27-24(31)25-22(28)13-11-19-8-5-7-18-6-3-4-9-20(18)19/h3-14H,15H2,1-2H3,(H,26,29)(H2,25,27,28,31)/b13-11+. The van der Waals surface area contributed by atoms with Crippen molar-refractivity contribution in [3.05, 3.63) is 83.4 Å². The van der Waals surface area contributed by atoms with E-state index in [4.69, 9.17) is 17.0 Å². The van der Waals surface area contributed by atoms with Crippen LogP contribution in [-0.4, -0.2) is 23.5 Å². The van der Waals surface area contributed by atoms with Crippen LogP contribution in [-0.2, 0) is 9.59 Å². The maximum Gasteiger partial charge on any atom is 0.276 e. The van der Waals surface area contributed by atoms with E-state index in [1.54, 1.807) is 6.08 Å². The van der Waals surface area contributed by atoms with Gasteiger partial charge in [-0.25, -0.2) is 0 Å². The monoisotopic (exact) mass is 433 g/mol. The van der Waals surface area contributed by atoms with Crippen LogP contribution in [0.3, 0.4) is 0 Å². The molecule has 0 radical (unpaired) electrons. The predicted octanol–water partition coefficient (Wildman–Crippen LogP) is 3.57. The maximum absolute atomic E-state index is 12.1. The fraction of sp³-hybridized carbons (Fsp3) is 0.125. The molecule has 0 fully saturated rings. The van der Waals surface area contributed by atoms with Crippen molar-refractivity contribution in [3.8, 4) is 5.75 Å². The van der Waals surface area contributed by atoms with Gasteiger partial charge in [-0.15, -0.1) is 0 Å². The molecule has 31 heavy (non-hydrogen) atoms. The predicted molar refractivity (Wildman–Crippen MR) is 126 cm³/mol. The molecule has 0 heterocycles. The number of aryl methyl sites for hydroxylation is 2. The number of ether oxygens (including phenoxy) is 1. The molecule has 6 nitrogen and oxygen atoms in total. The minimum Gasteiger partial charge on any atom is -0.483 e. The Kier molecular flexibility index (Phi) is 7.35. The van der Waals surface area contributed by atoms with Gasteiger partial charge in [-0.3, -0.25) is 25.8 Å². The zero-order chi connectivity index (χ0) is 22.2. The number of benzene rings is 3. The summed E-state index contributed by atoms with van der Waals surface area (Å²) in [5.74, 6) is -0.204. The van der Waals surface area contributed by atoms with Gasteiger partial charge in [0.15, 0.2) is 11.7 Å². The van der Waals surface area contributed by atoms with Crippen molar-refractivity contribution in [1.29, 1.82) is 0 Å². The normalized spacial score (nSPS) is 10.6. The summed E-state index contributed by atoms with van der Waals surface area (Å²) in [5.41, 5.74) is 7.86. The molecule has 0 aliphatic carbocycles. The van der Waals surface area contributed by atoms with Crippen molar-refractivity contribution < 1.29 is 14.3 Å². The van der Waals surface area contributed by atoms with E-state index in [2.05, 4.69) is 16.2 Å². The van der Waals surface area contributed by atoms with Crippen LogP contribution in [0.4, 0.5) is 0 Å². The van der Waals surface area contributed by atoms with Gasteiger partial charge < -0.3 is 4.74 Å². The summed E-state index contributed by atoms with van der Waals surface area (Å²) < 4.78 is 5.50. The van der Waals surface area contributed by atoms with Crippen molar-refractivity contribution >= 4 is 46.0 Å². The van der Waals surface area contributed by atoms with Crippen LogP contribution < -0.4 is 20.9 Å². The lowest BCUT2D eigenvalue weighted by molar-refractivity contribution is -0.123. The van der Waals surface area contributed by atoms with Gasteiger partial charge in [-0.05, 0) is 60.1 Å². The largest absolute Gasteiger partial charge is 0.483 e. The molecular formula is C24H23N3O3S. The number of hydrazine groups is 1. The number of rotatable bonds is 5. The van der Waals surface area contributed by atoms with Gasteiger partial charge >= 0.3 is 0 Å². The van der Waals surface area contributed by atoms with Crippen molar-refractivity contribution in [2.45, 2.75) is 13.8 Å².